The number of carboxylic acids is 1. The zero-order valence-electron chi connectivity index (χ0n) is 52.4. The van der Waals surface area contributed by atoms with Gasteiger partial charge in [-0.2, -0.15) is 0 Å². The molecule has 0 aliphatic carbocycles. The molecule has 3 N–H and O–H groups in total. The molecule has 0 amide bonds. The maximum Gasteiger partial charge on any atom is 0.335 e. The van der Waals surface area contributed by atoms with Gasteiger partial charge in [0.2, 0.25) is 0 Å². The Balaban J connectivity index is 2.67. The van der Waals surface area contributed by atoms with E-state index in [9.17, 15) is 34.5 Å². The second-order valence-electron chi connectivity index (χ2n) is 22.4. The van der Waals surface area contributed by atoms with Gasteiger partial charge < -0.3 is 39.0 Å². The van der Waals surface area contributed by atoms with Crippen LogP contribution in [0.3, 0.4) is 0 Å². The molecule has 1 aliphatic heterocycles. The maximum atomic E-state index is 13.2. The number of carbonyl (C=O) groups excluding carboxylic acids is 3. The molecule has 1 aliphatic rings. The van der Waals surface area contributed by atoms with E-state index in [1.54, 1.807) is 0 Å². The highest BCUT2D eigenvalue weighted by atomic mass is 16.7. The van der Waals surface area contributed by atoms with Gasteiger partial charge in [0.1, 0.15) is 18.8 Å². The second-order valence-corrected chi connectivity index (χ2v) is 22.4. The molecule has 6 atom stereocenters. The first-order valence-corrected chi connectivity index (χ1v) is 33.2. The molecule has 12 heteroatoms. The van der Waals surface area contributed by atoms with Crippen molar-refractivity contribution in [3.8, 4) is 0 Å². The molecule has 0 radical (unpaired) electrons. The molecule has 1 rings (SSSR count). The first-order chi connectivity index (χ1) is 40.6. The van der Waals surface area contributed by atoms with E-state index in [0.29, 0.717) is 19.3 Å². The van der Waals surface area contributed by atoms with Gasteiger partial charge in [0.15, 0.2) is 24.6 Å². The van der Waals surface area contributed by atoms with E-state index >= 15 is 0 Å². The molecule has 83 heavy (non-hydrogen) atoms. The number of rotatable bonds is 56. The van der Waals surface area contributed by atoms with Gasteiger partial charge >= 0.3 is 23.9 Å². The van der Waals surface area contributed by atoms with Crippen LogP contribution in [0.4, 0.5) is 0 Å². The van der Waals surface area contributed by atoms with Crippen molar-refractivity contribution < 1.29 is 58.2 Å². The number of aliphatic hydroxyl groups is 2. The summed E-state index contributed by atoms with van der Waals surface area (Å²) in [6.45, 7) is 5.84. The molecule has 1 saturated heterocycles. The molecule has 6 unspecified atom stereocenters. The van der Waals surface area contributed by atoms with Crippen molar-refractivity contribution >= 4 is 23.9 Å². The average Bonchev–Trinajstić information content (AvgIpc) is 3.55. The summed E-state index contributed by atoms with van der Waals surface area (Å²) in [4.78, 5) is 51.4. The van der Waals surface area contributed by atoms with Gasteiger partial charge in [-0.1, -0.05) is 234 Å². The standard InChI is InChI=1S/C71H118O12/c1-4-7-10-13-16-19-22-25-28-31-32-35-38-41-44-47-50-53-56-59-65(74)82-69-67(76)66(75)68(70(77)78)83-71(69)80-61-62(81-64(73)58-55-52-49-46-43-40-37-34-30-27-24-21-18-15-12-9-6-3)60-79-63(72)57-54-51-48-45-42-39-36-33-29-26-23-20-17-14-11-8-5-2/h7,10,16-21,25-30,32,35,62,66-69,71,75-76H,4-6,8-9,11-15,22-24,31,33-34,36-61H2,1-3H3,(H,77,78)/b10-7-,19-16-,20-17-,21-18-,28-25-,29-26-,30-27-,35-32-. The van der Waals surface area contributed by atoms with Crippen molar-refractivity contribution in [2.75, 3.05) is 13.2 Å². The predicted octanol–water partition coefficient (Wildman–Crippen LogP) is 18.0. The van der Waals surface area contributed by atoms with Gasteiger partial charge in [-0.15, -0.1) is 0 Å². The van der Waals surface area contributed by atoms with Gasteiger partial charge in [0.05, 0.1) is 6.61 Å². The number of esters is 3. The van der Waals surface area contributed by atoms with Crippen molar-refractivity contribution in [2.24, 2.45) is 0 Å². The lowest BCUT2D eigenvalue weighted by molar-refractivity contribution is -0.301. The lowest BCUT2D eigenvalue weighted by atomic mass is 9.98. The normalized spacial score (nSPS) is 18.2. The van der Waals surface area contributed by atoms with E-state index in [1.165, 1.54) is 70.6 Å². The van der Waals surface area contributed by atoms with Crippen LogP contribution in [-0.2, 0) is 42.9 Å². The highest BCUT2D eigenvalue weighted by molar-refractivity contribution is 5.74. The van der Waals surface area contributed by atoms with E-state index in [-0.39, 0.29) is 25.9 Å². The Hall–Kier alpha value is -4.36. The van der Waals surface area contributed by atoms with Crippen LogP contribution in [0, 0.1) is 0 Å². The maximum absolute atomic E-state index is 13.2. The third-order valence-electron chi connectivity index (χ3n) is 14.6. The molecule has 1 fully saturated rings. The van der Waals surface area contributed by atoms with Crippen molar-refractivity contribution in [3.05, 3.63) is 97.2 Å². The molecule has 474 valence electrons. The number of carboxylic acid groups (broad SMARTS) is 1. The quantitative estimate of drug-likeness (QED) is 0.0228. The summed E-state index contributed by atoms with van der Waals surface area (Å²) in [6, 6.07) is 0. The minimum atomic E-state index is -1.92. The SMILES string of the molecule is CC/C=C\C/C=C\C/C=C\C/C=C\CCCCCCCCC(=O)OC1C(OCC(COC(=O)CCCCCCCCC/C=C\C/C=C\CCCCC)OC(=O)CCCCCCCCC/C=C\C/C=C\CCCCC)OC(C(=O)O)C(O)C1O. The molecule has 0 aromatic heterocycles. The summed E-state index contributed by atoms with van der Waals surface area (Å²) < 4.78 is 28.5. The number of aliphatic hydroxyl groups excluding tert-OH is 2. The van der Waals surface area contributed by atoms with E-state index in [1.807, 2.05) is 0 Å². The minimum absolute atomic E-state index is 0.0390. The monoisotopic (exact) mass is 1160 g/mol. The van der Waals surface area contributed by atoms with Gasteiger partial charge in [0.25, 0.3) is 0 Å². The van der Waals surface area contributed by atoms with Gasteiger partial charge in [-0.25, -0.2) is 4.79 Å². The molecular formula is C71H118O12. The Morgan fingerprint density at radius 1 is 0.410 bits per heavy atom. The molecule has 12 nitrogen and oxygen atoms in total. The first kappa shape index (κ1) is 76.7. The average molecular weight is 1160 g/mol. The number of ether oxygens (including phenoxy) is 5. The van der Waals surface area contributed by atoms with Crippen LogP contribution in [-0.4, -0.2) is 89.2 Å². The molecule has 1 heterocycles. The minimum Gasteiger partial charge on any atom is -0.479 e. The summed E-state index contributed by atoms with van der Waals surface area (Å²) in [5, 5.41) is 31.6. The van der Waals surface area contributed by atoms with Crippen LogP contribution in [0.15, 0.2) is 97.2 Å². The molecule has 0 spiro atoms. The van der Waals surface area contributed by atoms with Gasteiger partial charge in [0, 0.05) is 19.3 Å². The number of unbranched alkanes of at least 4 members (excludes halogenated alkanes) is 26. The topological polar surface area (TPSA) is 175 Å². The summed E-state index contributed by atoms with van der Waals surface area (Å²) >= 11 is 0. The summed E-state index contributed by atoms with van der Waals surface area (Å²) in [7, 11) is 0. The third kappa shape index (κ3) is 47.6. The number of hydrogen-bond donors (Lipinski definition) is 3. The third-order valence-corrected chi connectivity index (χ3v) is 14.6. The van der Waals surface area contributed by atoms with Crippen molar-refractivity contribution in [3.63, 3.8) is 0 Å². The fourth-order valence-electron chi connectivity index (χ4n) is 9.54. The van der Waals surface area contributed by atoms with Crippen LogP contribution in [0.2, 0.25) is 0 Å². The zero-order valence-corrected chi connectivity index (χ0v) is 52.4. The highest BCUT2D eigenvalue weighted by Gasteiger charge is 2.50. The first-order valence-electron chi connectivity index (χ1n) is 33.2. The van der Waals surface area contributed by atoms with Crippen LogP contribution in [0.5, 0.6) is 0 Å². The van der Waals surface area contributed by atoms with Crippen LogP contribution >= 0.6 is 0 Å². The fraction of sp³-hybridized carbons (Fsp3) is 0.718. The zero-order chi connectivity index (χ0) is 60.3. The highest BCUT2D eigenvalue weighted by Crippen LogP contribution is 2.27. The Morgan fingerprint density at radius 3 is 1.16 bits per heavy atom. The number of allylic oxidation sites excluding steroid dienone is 16. The Kier molecular flexibility index (Phi) is 53.6. The van der Waals surface area contributed by atoms with E-state index in [0.717, 1.165) is 148 Å². The lowest BCUT2D eigenvalue weighted by Gasteiger charge is -2.40. The number of hydrogen-bond acceptors (Lipinski definition) is 11. The fourth-order valence-corrected chi connectivity index (χ4v) is 9.54. The smallest absolute Gasteiger partial charge is 0.335 e. The lowest BCUT2D eigenvalue weighted by Crippen LogP contribution is -2.61. The number of aliphatic carboxylic acids is 1. The van der Waals surface area contributed by atoms with Gasteiger partial charge in [-0.3, -0.25) is 14.4 Å². The van der Waals surface area contributed by atoms with Crippen molar-refractivity contribution in [2.45, 2.75) is 314 Å². The summed E-state index contributed by atoms with van der Waals surface area (Å²) in [5.41, 5.74) is 0. The number of carbonyl (C=O) groups is 4. The molecule has 0 aromatic carbocycles. The Bertz CT molecular complexity index is 1810. The van der Waals surface area contributed by atoms with E-state index < -0.39 is 67.3 Å². The Labute approximate surface area is 504 Å². The van der Waals surface area contributed by atoms with Crippen molar-refractivity contribution in [1.82, 2.24) is 0 Å². The van der Waals surface area contributed by atoms with Crippen LogP contribution in [0.25, 0.3) is 0 Å². The van der Waals surface area contributed by atoms with E-state index in [4.69, 9.17) is 23.7 Å². The van der Waals surface area contributed by atoms with E-state index in [2.05, 4.69) is 118 Å². The Morgan fingerprint density at radius 2 is 0.759 bits per heavy atom. The molecule has 0 aromatic rings. The largest absolute Gasteiger partial charge is 0.479 e. The summed E-state index contributed by atoms with van der Waals surface area (Å²) in [6.07, 6.45) is 64.9. The second kappa shape index (κ2) is 58.0. The van der Waals surface area contributed by atoms with Crippen LogP contribution in [0.1, 0.15) is 278 Å². The molecular weight excluding hydrogens is 1040 g/mol. The molecule has 0 saturated carbocycles. The van der Waals surface area contributed by atoms with Gasteiger partial charge in [-0.05, 0) is 122 Å². The van der Waals surface area contributed by atoms with Crippen LogP contribution < -0.4 is 0 Å². The van der Waals surface area contributed by atoms with Crippen molar-refractivity contribution in [1.29, 1.82) is 0 Å². The summed E-state index contributed by atoms with van der Waals surface area (Å²) in [5.74, 6) is -3.15. The molecule has 0 bridgehead atoms. The predicted molar refractivity (Wildman–Crippen MR) is 340 cm³/mol.